The lowest BCUT2D eigenvalue weighted by atomic mass is 9.87. The van der Waals surface area contributed by atoms with E-state index >= 15 is 0 Å². The normalized spacial score (nSPS) is 22.9. The molecule has 2 aliphatic rings. The van der Waals surface area contributed by atoms with E-state index in [9.17, 15) is 17.6 Å². The molecule has 0 aromatic heterocycles. The highest BCUT2D eigenvalue weighted by Gasteiger charge is 2.32. The summed E-state index contributed by atoms with van der Waals surface area (Å²) in [6.07, 6.45) is 5.66. The number of carbonyl (C=O) groups is 1. The minimum atomic E-state index is -3.40. The number of benzene rings is 1. The first-order chi connectivity index (χ1) is 13.9. The number of amides is 1. The van der Waals surface area contributed by atoms with E-state index in [-0.39, 0.29) is 47.6 Å². The van der Waals surface area contributed by atoms with E-state index in [1.807, 2.05) is 0 Å². The Balaban J connectivity index is 1.48. The van der Waals surface area contributed by atoms with Crippen LogP contribution < -0.4 is 15.8 Å². The van der Waals surface area contributed by atoms with Crippen molar-refractivity contribution in [2.45, 2.75) is 49.5 Å². The van der Waals surface area contributed by atoms with Crippen LogP contribution in [-0.2, 0) is 14.6 Å². The van der Waals surface area contributed by atoms with Gasteiger partial charge in [-0.25, -0.2) is 12.8 Å². The molecule has 0 radical (unpaired) electrons. The molecule has 29 heavy (non-hydrogen) atoms. The summed E-state index contributed by atoms with van der Waals surface area (Å²) < 4.78 is 43.4. The summed E-state index contributed by atoms with van der Waals surface area (Å²) in [6, 6.07) is 6.36. The maximum absolute atomic E-state index is 12.7. The minimum Gasteiger partial charge on any atom is -0.489 e. The van der Waals surface area contributed by atoms with Crippen LogP contribution in [0.15, 0.2) is 41.1 Å². The van der Waals surface area contributed by atoms with Crippen molar-refractivity contribution in [2.75, 3.05) is 18.9 Å². The third-order valence-corrected chi connectivity index (χ3v) is 7.52. The highest BCUT2D eigenvalue weighted by atomic mass is 32.2. The Kier molecular flexibility index (Phi) is 7.29. The zero-order chi connectivity index (χ0) is 20.9. The Labute approximate surface area is 171 Å². The summed E-state index contributed by atoms with van der Waals surface area (Å²) in [7, 11) is -3.40. The highest BCUT2D eigenvalue weighted by Crippen LogP contribution is 2.31. The molecule has 0 saturated heterocycles. The van der Waals surface area contributed by atoms with Gasteiger partial charge in [-0.15, -0.1) is 0 Å². The minimum absolute atomic E-state index is 0.0274. The van der Waals surface area contributed by atoms with Gasteiger partial charge in [-0.3, -0.25) is 4.79 Å². The van der Waals surface area contributed by atoms with Gasteiger partial charge in [0.1, 0.15) is 12.4 Å². The Bertz CT molecular complexity index is 827. The van der Waals surface area contributed by atoms with E-state index in [0.717, 1.165) is 38.5 Å². The fourth-order valence-electron chi connectivity index (χ4n) is 3.60. The number of rotatable bonds is 9. The summed E-state index contributed by atoms with van der Waals surface area (Å²) in [6.45, 7) is 0.0924. The molecule has 6 nitrogen and oxygen atoms in total. The fraction of sp³-hybridized carbons (Fsp3) is 0.571. The molecule has 1 aromatic carbocycles. The molecule has 160 valence electrons. The standard InChI is InChI=1S/C21H29FN2O4S/c22-11-16(12-23)13-28-19-7-9-20(10-8-19)29(26,27)14-15-1-5-18(6-2-15)24-21(25)17-3-4-17/h7-11,15,17-18H,1-6,12-14,23H2,(H,24,25)/b16-11+. The molecule has 0 bridgehead atoms. The fourth-order valence-corrected chi connectivity index (χ4v) is 5.30. The summed E-state index contributed by atoms with van der Waals surface area (Å²) in [5.41, 5.74) is 5.70. The van der Waals surface area contributed by atoms with Crippen molar-refractivity contribution < 1.29 is 22.3 Å². The van der Waals surface area contributed by atoms with Gasteiger partial charge in [-0.05, 0) is 68.7 Å². The molecule has 1 aromatic rings. The van der Waals surface area contributed by atoms with Crippen LogP contribution in [0.25, 0.3) is 0 Å². The summed E-state index contributed by atoms with van der Waals surface area (Å²) in [5.74, 6) is 1.03. The van der Waals surface area contributed by atoms with Crippen LogP contribution in [-0.4, -0.2) is 39.3 Å². The monoisotopic (exact) mass is 424 g/mol. The van der Waals surface area contributed by atoms with E-state index in [4.69, 9.17) is 10.5 Å². The van der Waals surface area contributed by atoms with Crippen LogP contribution in [0.3, 0.4) is 0 Å². The summed E-state index contributed by atoms with van der Waals surface area (Å²) in [4.78, 5) is 12.1. The lowest BCUT2D eigenvalue weighted by Crippen LogP contribution is -2.39. The smallest absolute Gasteiger partial charge is 0.223 e. The second-order valence-electron chi connectivity index (χ2n) is 8.01. The van der Waals surface area contributed by atoms with Crippen LogP contribution in [0.5, 0.6) is 5.75 Å². The first kappa shape index (κ1) is 21.8. The van der Waals surface area contributed by atoms with Crippen molar-refractivity contribution in [1.29, 1.82) is 0 Å². The molecule has 0 unspecified atom stereocenters. The molecule has 3 N–H and O–H groups in total. The van der Waals surface area contributed by atoms with Gasteiger partial charge in [-0.2, -0.15) is 0 Å². The Morgan fingerprint density at radius 3 is 2.34 bits per heavy atom. The Morgan fingerprint density at radius 1 is 1.14 bits per heavy atom. The van der Waals surface area contributed by atoms with Crippen LogP contribution in [0.1, 0.15) is 38.5 Å². The zero-order valence-electron chi connectivity index (χ0n) is 16.5. The average molecular weight is 425 g/mol. The first-order valence-corrected chi connectivity index (χ1v) is 11.8. The van der Waals surface area contributed by atoms with Crippen molar-refractivity contribution in [2.24, 2.45) is 17.6 Å². The van der Waals surface area contributed by atoms with Crippen molar-refractivity contribution >= 4 is 15.7 Å². The van der Waals surface area contributed by atoms with Gasteiger partial charge in [-0.1, -0.05) is 0 Å². The third kappa shape index (κ3) is 6.27. The Morgan fingerprint density at radius 2 is 1.79 bits per heavy atom. The molecular formula is C21H29FN2O4S. The molecular weight excluding hydrogens is 395 g/mol. The van der Waals surface area contributed by atoms with E-state index in [1.54, 1.807) is 12.1 Å². The van der Waals surface area contributed by atoms with Gasteiger partial charge < -0.3 is 15.8 Å². The largest absolute Gasteiger partial charge is 0.489 e. The maximum atomic E-state index is 12.7. The zero-order valence-corrected chi connectivity index (χ0v) is 17.3. The molecule has 0 aliphatic heterocycles. The molecule has 2 saturated carbocycles. The van der Waals surface area contributed by atoms with Crippen LogP contribution >= 0.6 is 0 Å². The van der Waals surface area contributed by atoms with Crippen LogP contribution in [0.2, 0.25) is 0 Å². The molecule has 0 heterocycles. The van der Waals surface area contributed by atoms with Gasteiger partial charge in [0.15, 0.2) is 9.84 Å². The number of hydrogen-bond donors (Lipinski definition) is 2. The molecule has 2 aliphatic carbocycles. The number of halogens is 1. The van der Waals surface area contributed by atoms with Gasteiger partial charge in [0, 0.05) is 24.1 Å². The molecule has 2 fully saturated rings. The summed E-state index contributed by atoms with van der Waals surface area (Å²) in [5, 5.41) is 3.09. The van der Waals surface area contributed by atoms with E-state index < -0.39 is 9.84 Å². The molecule has 0 atom stereocenters. The molecule has 8 heteroatoms. The number of sulfone groups is 1. The average Bonchev–Trinajstić information content (AvgIpc) is 3.56. The van der Waals surface area contributed by atoms with E-state index in [1.165, 1.54) is 12.1 Å². The number of nitrogens with one attached hydrogen (secondary N) is 1. The lowest BCUT2D eigenvalue weighted by molar-refractivity contribution is -0.123. The predicted molar refractivity (Wildman–Crippen MR) is 109 cm³/mol. The van der Waals surface area contributed by atoms with E-state index in [2.05, 4.69) is 5.32 Å². The van der Waals surface area contributed by atoms with Crippen molar-refractivity contribution in [3.05, 3.63) is 36.2 Å². The molecule has 3 rings (SSSR count). The lowest BCUT2D eigenvalue weighted by Gasteiger charge is -2.29. The van der Waals surface area contributed by atoms with Crippen molar-refractivity contribution in [3.63, 3.8) is 0 Å². The maximum Gasteiger partial charge on any atom is 0.223 e. The number of carbonyl (C=O) groups excluding carboxylic acids is 1. The third-order valence-electron chi connectivity index (χ3n) is 5.62. The quantitative estimate of drug-likeness (QED) is 0.635. The van der Waals surface area contributed by atoms with Gasteiger partial charge in [0.25, 0.3) is 0 Å². The molecule has 0 spiro atoms. The summed E-state index contributed by atoms with van der Waals surface area (Å²) >= 11 is 0. The van der Waals surface area contributed by atoms with Gasteiger partial charge in [0.05, 0.1) is 17.0 Å². The number of nitrogens with two attached hydrogens (primary N) is 1. The first-order valence-electron chi connectivity index (χ1n) is 10.2. The van der Waals surface area contributed by atoms with Crippen molar-refractivity contribution in [3.8, 4) is 5.75 Å². The second-order valence-corrected chi connectivity index (χ2v) is 10.0. The number of hydrogen-bond acceptors (Lipinski definition) is 5. The molecule has 1 amide bonds. The van der Waals surface area contributed by atoms with Gasteiger partial charge in [0.2, 0.25) is 5.91 Å². The van der Waals surface area contributed by atoms with Crippen LogP contribution in [0.4, 0.5) is 4.39 Å². The SMILES string of the molecule is NC/C(=C\F)COc1ccc(S(=O)(=O)CC2CCC(NC(=O)C3CC3)CC2)cc1. The Hall–Kier alpha value is -1.93. The number of ether oxygens (including phenoxy) is 1. The topological polar surface area (TPSA) is 98.5 Å². The van der Waals surface area contributed by atoms with Gasteiger partial charge >= 0.3 is 0 Å². The highest BCUT2D eigenvalue weighted by molar-refractivity contribution is 7.91. The van der Waals surface area contributed by atoms with Crippen molar-refractivity contribution in [1.82, 2.24) is 5.32 Å². The predicted octanol–water partition coefficient (Wildman–Crippen LogP) is 2.74. The van der Waals surface area contributed by atoms with Crippen LogP contribution in [0, 0.1) is 11.8 Å². The van der Waals surface area contributed by atoms with E-state index in [0.29, 0.717) is 17.7 Å². The second kappa shape index (κ2) is 9.71.